The minimum atomic E-state index is -1.03. The third kappa shape index (κ3) is 3.10. The molecule has 0 spiro atoms. The van der Waals surface area contributed by atoms with E-state index in [1.54, 1.807) is 7.11 Å². The minimum Gasteiger partial charge on any atom is -0.497 e. The molecule has 2 atom stereocenters. The van der Waals surface area contributed by atoms with Crippen LogP contribution in [0.15, 0.2) is 54.6 Å². The topological polar surface area (TPSA) is 48.1 Å². The maximum Gasteiger partial charge on any atom is 0.346 e. The van der Waals surface area contributed by atoms with Gasteiger partial charge in [-0.1, -0.05) is 48.9 Å². The lowest BCUT2D eigenvalue weighted by atomic mass is 9.91. The van der Waals surface area contributed by atoms with Gasteiger partial charge in [0.15, 0.2) is 0 Å². The molecule has 1 saturated carbocycles. The molecule has 1 heterocycles. The van der Waals surface area contributed by atoms with Gasteiger partial charge in [-0.2, -0.15) is 0 Å². The average Bonchev–Trinajstić information content (AvgIpc) is 3.47. The molecule has 0 amide bonds. The van der Waals surface area contributed by atoms with Crippen LogP contribution in [-0.2, 0) is 19.9 Å². The number of esters is 1. The first-order chi connectivity index (χ1) is 12.7. The number of epoxide rings is 1. The van der Waals surface area contributed by atoms with Crippen LogP contribution in [0, 0.1) is 0 Å². The Hall–Kier alpha value is -2.33. The summed E-state index contributed by atoms with van der Waals surface area (Å²) in [6.07, 6.45) is 5.05. The highest BCUT2D eigenvalue weighted by Crippen LogP contribution is 2.58. The zero-order valence-corrected chi connectivity index (χ0v) is 15.0. The van der Waals surface area contributed by atoms with Gasteiger partial charge in [0.2, 0.25) is 5.60 Å². The van der Waals surface area contributed by atoms with Gasteiger partial charge in [0.05, 0.1) is 7.11 Å². The first-order valence-corrected chi connectivity index (χ1v) is 9.32. The molecule has 4 nitrogen and oxygen atoms in total. The van der Waals surface area contributed by atoms with Crippen molar-refractivity contribution >= 4 is 5.97 Å². The fraction of sp³-hybridized carbons (Fsp3) is 0.409. The van der Waals surface area contributed by atoms with Gasteiger partial charge < -0.3 is 14.2 Å². The molecular formula is C22H24O4. The molecule has 4 rings (SSSR count). The zero-order valence-electron chi connectivity index (χ0n) is 15.0. The van der Waals surface area contributed by atoms with Crippen LogP contribution < -0.4 is 4.74 Å². The summed E-state index contributed by atoms with van der Waals surface area (Å²) in [6, 6.07) is 17.3. The fourth-order valence-electron chi connectivity index (χ4n) is 3.83. The van der Waals surface area contributed by atoms with Gasteiger partial charge in [-0.3, -0.25) is 0 Å². The van der Waals surface area contributed by atoms with Gasteiger partial charge in [-0.05, 0) is 48.9 Å². The molecule has 2 aliphatic rings. The van der Waals surface area contributed by atoms with Gasteiger partial charge in [0, 0.05) is 0 Å². The van der Waals surface area contributed by atoms with Gasteiger partial charge >= 0.3 is 5.97 Å². The van der Waals surface area contributed by atoms with Crippen LogP contribution in [0.25, 0.3) is 0 Å². The number of carbonyl (C=O) groups is 1. The van der Waals surface area contributed by atoms with E-state index in [9.17, 15) is 4.79 Å². The molecule has 0 radical (unpaired) electrons. The summed E-state index contributed by atoms with van der Waals surface area (Å²) in [5, 5.41) is 0. The Morgan fingerprint density at radius 2 is 1.69 bits per heavy atom. The minimum absolute atomic E-state index is 0.0116. The standard InChI is InChI=1S/C22H24O4/c1-24-18-14-12-16(13-15-18)20-22(26-20,17-8-4-2-5-9-17)21(23)25-19-10-6-3-7-11-19/h2,4-5,8-9,12-15,19-20H,3,6-7,10-11H2,1H3. The molecule has 0 aromatic heterocycles. The molecule has 1 aliphatic heterocycles. The molecule has 26 heavy (non-hydrogen) atoms. The number of methoxy groups -OCH3 is 1. The summed E-state index contributed by atoms with van der Waals surface area (Å²) in [5.41, 5.74) is 0.768. The van der Waals surface area contributed by atoms with Gasteiger partial charge in [0.1, 0.15) is 18.0 Å². The second kappa shape index (κ2) is 7.12. The van der Waals surface area contributed by atoms with Crippen molar-refractivity contribution in [2.45, 2.75) is 49.9 Å². The Balaban J connectivity index is 1.60. The molecule has 1 saturated heterocycles. The molecular weight excluding hydrogens is 328 g/mol. The lowest BCUT2D eigenvalue weighted by Crippen LogP contribution is -2.31. The van der Waals surface area contributed by atoms with E-state index in [0.29, 0.717) is 0 Å². The summed E-state index contributed by atoms with van der Waals surface area (Å²) in [4.78, 5) is 13.1. The Bertz CT molecular complexity index is 749. The Morgan fingerprint density at radius 1 is 1.00 bits per heavy atom. The first-order valence-electron chi connectivity index (χ1n) is 9.32. The van der Waals surface area contributed by atoms with E-state index in [-0.39, 0.29) is 18.2 Å². The highest BCUT2D eigenvalue weighted by Gasteiger charge is 2.66. The Morgan fingerprint density at radius 3 is 2.35 bits per heavy atom. The highest BCUT2D eigenvalue weighted by molar-refractivity contribution is 5.86. The number of rotatable bonds is 5. The SMILES string of the molecule is COc1ccc(C2OC2(C(=O)OC2CCCCC2)c2ccccc2)cc1. The van der Waals surface area contributed by atoms with Gasteiger partial charge in [-0.15, -0.1) is 0 Å². The molecule has 2 aromatic carbocycles. The van der Waals surface area contributed by atoms with E-state index in [4.69, 9.17) is 14.2 Å². The van der Waals surface area contributed by atoms with E-state index >= 15 is 0 Å². The van der Waals surface area contributed by atoms with E-state index in [0.717, 1.165) is 42.6 Å². The van der Waals surface area contributed by atoms with Crippen LogP contribution in [0.5, 0.6) is 5.75 Å². The van der Waals surface area contributed by atoms with Crippen molar-refractivity contribution in [3.8, 4) is 5.75 Å². The maximum absolute atomic E-state index is 13.1. The van der Waals surface area contributed by atoms with Crippen molar-refractivity contribution in [2.24, 2.45) is 0 Å². The molecule has 2 fully saturated rings. The molecule has 0 N–H and O–H groups in total. The summed E-state index contributed by atoms with van der Waals surface area (Å²) >= 11 is 0. The second-order valence-corrected chi connectivity index (χ2v) is 7.04. The van der Waals surface area contributed by atoms with Crippen molar-refractivity contribution < 1.29 is 19.0 Å². The number of carbonyl (C=O) groups excluding carboxylic acids is 1. The third-order valence-corrected chi connectivity index (χ3v) is 5.37. The molecule has 2 unspecified atom stereocenters. The van der Waals surface area contributed by atoms with Crippen molar-refractivity contribution in [2.75, 3.05) is 7.11 Å². The van der Waals surface area contributed by atoms with Crippen LogP contribution in [0.3, 0.4) is 0 Å². The highest BCUT2D eigenvalue weighted by atomic mass is 16.7. The van der Waals surface area contributed by atoms with Crippen LogP contribution in [0.2, 0.25) is 0 Å². The Labute approximate surface area is 154 Å². The van der Waals surface area contributed by atoms with Crippen molar-refractivity contribution in [1.29, 1.82) is 0 Å². The monoisotopic (exact) mass is 352 g/mol. The molecule has 136 valence electrons. The fourth-order valence-corrected chi connectivity index (χ4v) is 3.83. The lowest BCUT2D eigenvalue weighted by molar-refractivity contribution is -0.157. The second-order valence-electron chi connectivity index (χ2n) is 7.04. The molecule has 2 aromatic rings. The first kappa shape index (κ1) is 17.1. The summed E-state index contributed by atoms with van der Waals surface area (Å²) in [7, 11) is 1.64. The van der Waals surface area contributed by atoms with E-state index in [2.05, 4.69) is 0 Å². The smallest absolute Gasteiger partial charge is 0.346 e. The zero-order chi connectivity index (χ0) is 18.0. The van der Waals surface area contributed by atoms with Crippen LogP contribution >= 0.6 is 0 Å². The van der Waals surface area contributed by atoms with Crippen LogP contribution in [-0.4, -0.2) is 19.2 Å². The Kier molecular flexibility index (Phi) is 4.68. The lowest BCUT2D eigenvalue weighted by Gasteiger charge is -2.24. The number of hydrogen-bond acceptors (Lipinski definition) is 4. The van der Waals surface area contributed by atoms with Crippen molar-refractivity contribution in [1.82, 2.24) is 0 Å². The predicted molar refractivity (Wildman–Crippen MR) is 97.9 cm³/mol. The van der Waals surface area contributed by atoms with Crippen molar-refractivity contribution in [3.05, 3.63) is 65.7 Å². The number of hydrogen-bond donors (Lipinski definition) is 0. The van der Waals surface area contributed by atoms with Crippen molar-refractivity contribution in [3.63, 3.8) is 0 Å². The van der Waals surface area contributed by atoms with Crippen LogP contribution in [0.4, 0.5) is 0 Å². The van der Waals surface area contributed by atoms with Gasteiger partial charge in [0.25, 0.3) is 0 Å². The van der Waals surface area contributed by atoms with E-state index in [1.807, 2.05) is 54.6 Å². The normalized spacial score (nSPS) is 25.5. The number of benzene rings is 2. The summed E-state index contributed by atoms with van der Waals surface area (Å²) < 4.78 is 17.1. The average molecular weight is 352 g/mol. The van der Waals surface area contributed by atoms with E-state index < -0.39 is 5.60 Å². The predicted octanol–water partition coefficient (Wildman–Crippen LogP) is 4.54. The molecule has 4 heteroatoms. The molecule has 1 aliphatic carbocycles. The summed E-state index contributed by atoms with van der Waals surface area (Å²) in [5.74, 6) is 0.515. The van der Waals surface area contributed by atoms with Crippen LogP contribution in [0.1, 0.15) is 49.3 Å². The number of ether oxygens (including phenoxy) is 3. The molecule has 0 bridgehead atoms. The third-order valence-electron chi connectivity index (χ3n) is 5.37. The van der Waals surface area contributed by atoms with Gasteiger partial charge in [-0.25, -0.2) is 4.79 Å². The summed E-state index contributed by atoms with van der Waals surface area (Å²) in [6.45, 7) is 0. The maximum atomic E-state index is 13.1. The van der Waals surface area contributed by atoms with E-state index in [1.165, 1.54) is 6.42 Å². The largest absolute Gasteiger partial charge is 0.497 e. The quantitative estimate of drug-likeness (QED) is 0.586.